The number of rotatable bonds is 30. The van der Waals surface area contributed by atoms with Crippen LogP contribution in [0.4, 0.5) is 0 Å². The van der Waals surface area contributed by atoms with Gasteiger partial charge in [0.25, 0.3) is 0 Å². The molecule has 0 aromatic rings. The second kappa shape index (κ2) is 31.5. The molecule has 0 aliphatic carbocycles. The fourth-order valence-electron chi connectivity index (χ4n) is 5.00. The lowest BCUT2D eigenvalue weighted by molar-refractivity contribution is -0.121. The summed E-state index contributed by atoms with van der Waals surface area (Å²) in [5.74, 6) is 0.0821. The Labute approximate surface area is 221 Å². The third-order valence-electron chi connectivity index (χ3n) is 7.41. The fraction of sp³-hybridized carbons (Fsp3) is 0.969. The largest absolute Gasteiger partial charge is 0.396 e. The molecule has 35 heavy (non-hydrogen) atoms. The maximum Gasteiger partial charge on any atom is 0.220 e. The highest BCUT2D eigenvalue weighted by molar-refractivity contribution is 5.75. The van der Waals surface area contributed by atoms with Crippen LogP contribution < -0.4 is 5.32 Å². The first-order valence-corrected chi connectivity index (χ1v) is 16.2. The third kappa shape index (κ3) is 31.4. The SMILES string of the molecule is CCCCCCCCCCCCCCCCCCCCCCCCCCCCNC(=O)CCCO. The minimum atomic E-state index is 0.0821. The predicted octanol–water partition coefficient (Wildman–Crippen LogP) is 10.0. The highest BCUT2D eigenvalue weighted by atomic mass is 16.3. The number of carbonyl (C=O) groups is 1. The zero-order valence-electron chi connectivity index (χ0n) is 24.1. The molecule has 0 saturated heterocycles. The number of hydrogen-bond donors (Lipinski definition) is 2. The molecule has 0 saturated carbocycles. The minimum Gasteiger partial charge on any atom is -0.396 e. The molecule has 3 heteroatoms. The summed E-state index contributed by atoms with van der Waals surface area (Å²) in [6, 6.07) is 0. The van der Waals surface area contributed by atoms with Crippen molar-refractivity contribution in [3.63, 3.8) is 0 Å². The van der Waals surface area contributed by atoms with Gasteiger partial charge in [-0.15, -0.1) is 0 Å². The van der Waals surface area contributed by atoms with Crippen LogP contribution in [0.2, 0.25) is 0 Å². The summed E-state index contributed by atoms with van der Waals surface area (Å²) in [6.45, 7) is 3.20. The molecule has 0 bridgehead atoms. The summed E-state index contributed by atoms with van der Waals surface area (Å²) in [6.07, 6.45) is 37.8. The van der Waals surface area contributed by atoms with E-state index in [-0.39, 0.29) is 12.5 Å². The number of unbranched alkanes of at least 4 members (excludes halogenated alkanes) is 25. The van der Waals surface area contributed by atoms with Gasteiger partial charge in [-0.05, 0) is 12.8 Å². The van der Waals surface area contributed by atoms with E-state index in [2.05, 4.69) is 12.2 Å². The molecule has 0 heterocycles. The molecule has 0 atom stereocenters. The number of aliphatic hydroxyl groups excluding tert-OH is 1. The highest BCUT2D eigenvalue weighted by Crippen LogP contribution is 2.15. The van der Waals surface area contributed by atoms with Crippen molar-refractivity contribution < 1.29 is 9.90 Å². The average molecular weight is 496 g/mol. The van der Waals surface area contributed by atoms with Crippen molar-refractivity contribution in [2.45, 2.75) is 187 Å². The zero-order chi connectivity index (χ0) is 25.5. The van der Waals surface area contributed by atoms with E-state index in [0.29, 0.717) is 12.8 Å². The van der Waals surface area contributed by atoms with Crippen LogP contribution in [0.25, 0.3) is 0 Å². The van der Waals surface area contributed by atoms with Crippen LogP contribution in [0.15, 0.2) is 0 Å². The molecule has 210 valence electrons. The number of amides is 1. The van der Waals surface area contributed by atoms with Gasteiger partial charge in [-0.1, -0.05) is 167 Å². The normalized spacial score (nSPS) is 11.3. The van der Waals surface area contributed by atoms with Gasteiger partial charge in [-0.3, -0.25) is 4.79 Å². The second-order valence-electron chi connectivity index (χ2n) is 11.0. The van der Waals surface area contributed by atoms with Gasteiger partial charge in [0.1, 0.15) is 0 Å². The molecule has 0 spiro atoms. The van der Waals surface area contributed by atoms with Crippen molar-refractivity contribution in [2.75, 3.05) is 13.2 Å². The Morgan fingerprint density at radius 2 is 0.743 bits per heavy atom. The van der Waals surface area contributed by atoms with Crippen molar-refractivity contribution in [1.82, 2.24) is 5.32 Å². The average Bonchev–Trinajstić information content (AvgIpc) is 2.87. The van der Waals surface area contributed by atoms with Gasteiger partial charge in [-0.25, -0.2) is 0 Å². The van der Waals surface area contributed by atoms with E-state index in [9.17, 15) is 4.79 Å². The van der Waals surface area contributed by atoms with Gasteiger partial charge < -0.3 is 10.4 Å². The number of carbonyl (C=O) groups excluding carboxylic acids is 1. The number of aliphatic hydroxyl groups is 1. The van der Waals surface area contributed by atoms with E-state index in [0.717, 1.165) is 13.0 Å². The lowest BCUT2D eigenvalue weighted by atomic mass is 10.0. The Morgan fingerprint density at radius 3 is 1.03 bits per heavy atom. The van der Waals surface area contributed by atoms with Crippen molar-refractivity contribution in [3.05, 3.63) is 0 Å². The molecule has 0 fully saturated rings. The van der Waals surface area contributed by atoms with Gasteiger partial charge in [-0.2, -0.15) is 0 Å². The van der Waals surface area contributed by atoms with Crippen LogP contribution in [0.5, 0.6) is 0 Å². The van der Waals surface area contributed by atoms with Crippen LogP contribution >= 0.6 is 0 Å². The Bertz CT molecular complexity index is 399. The topological polar surface area (TPSA) is 49.3 Å². The summed E-state index contributed by atoms with van der Waals surface area (Å²) < 4.78 is 0. The standard InChI is InChI=1S/C32H65NO2/c1-2-3-4-5-6-7-8-9-10-11-12-13-14-15-16-17-18-19-20-21-22-23-24-25-26-27-30-33-32(35)29-28-31-34/h34H,2-31H2,1H3,(H,33,35). The van der Waals surface area contributed by atoms with Gasteiger partial charge in [0.05, 0.1) is 0 Å². The fourth-order valence-corrected chi connectivity index (χ4v) is 5.00. The highest BCUT2D eigenvalue weighted by Gasteiger charge is 1.99. The molecular formula is C32H65NO2. The second-order valence-corrected chi connectivity index (χ2v) is 11.0. The molecule has 0 rings (SSSR count). The van der Waals surface area contributed by atoms with Crippen molar-refractivity contribution >= 4 is 5.91 Å². The van der Waals surface area contributed by atoms with Crippen LogP contribution in [0.1, 0.15) is 187 Å². The summed E-state index contributed by atoms with van der Waals surface area (Å²) in [5, 5.41) is 11.6. The quantitative estimate of drug-likeness (QED) is 0.0974. The maximum atomic E-state index is 11.4. The van der Waals surface area contributed by atoms with Crippen molar-refractivity contribution in [3.8, 4) is 0 Å². The third-order valence-corrected chi connectivity index (χ3v) is 7.41. The molecule has 0 unspecified atom stereocenters. The van der Waals surface area contributed by atoms with Gasteiger partial charge in [0.15, 0.2) is 0 Å². The van der Waals surface area contributed by atoms with Gasteiger partial charge in [0.2, 0.25) is 5.91 Å². The first kappa shape index (κ1) is 34.4. The Morgan fingerprint density at radius 1 is 0.457 bits per heavy atom. The molecule has 0 aliphatic heterocycles. The Balaban J connectivity index is 3.05. The van der Waals surface area contributed by atoms with E-state index >= 15 is 0 Å². The van der Waals surface area contributed by atoms with E-state index in [1.54, 1.807) is 0 Å². The van der Waals surface area contributed by atoms with Crippen LogP contribution in [0, 0.1) is 0 Å². The molecule has 0 aromatic heterocycles. The molecule has 0 aromatic carbocycles. The lowest BCUT2D eigenvalue weighted by Crippen LogP contribution is -2.24. The summed E-state index contributed by atoms with van der Waals surface area (Å²) in [4.78, 5) is 11.4. The van der Waals surface area contributed by atoms with E-state index in [1.807, 2.05) is 0 Å². The van der Waals surface area contributed by atoms with Gasteiger partial charge in [0, 0.05) is 19.6 Å². The van der Waals surface area contributed by atoms with Crippen LogP contribution in [-0.2, 0) is 4.79 Å². The molecule has 3 nitrogen and oxygen atoms in total. The Kier molecular flexibility index (Phi) is 30.9. The number of nitrogens with one attached hydrogen (secondary N) is 1. The monoisotopic (exact) mass is 496 g/mol. The summed E-state index contributed by atoms with van der Waals surface area (Å²) in [5.41, 5.74) is 0. The van der Waals surface area contributed by atoms with E-state index in [1.165, 1.54) is 161 Å². The van der Waals surface area contributed by atoms with Crippen LogP contribution in [-0.4, -0.2) is 24.2 Å². The first-order valence-electron chi connectivity index (χ1n) is 16.2. The summed E-state index contributed by atoms with van der Waals surface area (Å²) in [7, 11) is 0. The molecular weight excluding hydrogens is 430 g/mol. The molecule has 0 radical (unpaired) electrons. The molecule has 0 aliphatic rings. The molecule has 2 N–H and O–H groups in total. The van der Waals surface area contributed by atoms with Crippen LogP contribution in [0.3, 0.4) is 0 Å². The smallest absolute Gasteiger partial charge is 0.220 e. The number of hydrogen-bond acceptors (Lipinski definition) is 2. The predicted molar refractivity (Wildman–Crippen MR) is 155 cm³/mol. The van der Waals surface area contributed by atoms with Crippen molar-refractivity contribution in [2.24, 2.45) is 0 Å². The van der Waals surface area contributed by atoms with Crippen molar-refractivity contribution in [1.29, 1.82) is 0 Å². The lowest BCUT2D eigenvalue weighted by Gasteiger charge is -2.05. The summed E-state index contributed by atoms with van der Waals surface area (Å²) >= 11 is 0. The van der Waals surface area contributed by atoms with E-state index in [4.69, 9.17) is 5.11 Å². The molecule has 1 amide bonds. The maximum absolute atomic E-state index is 11.4. The minimum absolute atomic E-state index is 0.0821. The first-order chi connectivity index (χ1) is 17.3. The Hall–Kier alpha value is -0.570. The zero-order valence-corrected chi connectivity index (χ0v) is 24.1. The van der Waals surface area contributed by atoms with E-state index < -0.39 is 0 Å². The van der Waals surface area contributed by atoms with Gasteiger partial charge >= 0.3 is 0 Å².